The van der Waals surface area contributed by atoms with Gasteiger partial charge in [-0.1, -0.05) is 25.7 Å². The molecule has 22 heavy (non-hydrogen) atoms. The summed E-state index contributed by atoms with van der Waals surface area (Å²) in [6, 6.07) is 4.82. The van der Waals surface area contributed by atoms with Crippen LogP contribution in [0.25, 0.3) is 0 Å². The third-order valence-electron chi connectivity index (χ3n) is 4.37. The van der Waals surface area contributed by atoms with Crippen molar-refractivity contribution in [2.75, 3.05) is 21.3 Å². The van der Waals surface area contributed by atoms with Gasteiger partial charge in [0.25, 0.3) is 0 Å². The summed E-state index contributed by atoms with van der Waals surface area (Å²) in [6.07, 6.45) is 6.44. The molecule has 1 aromatic rings. The second kappa shape index (κ2) is 7.33. The van der Waals surface area contributed by atoms with E-state index in [9.17, 15) is 8.42 Å². The van der Waals surface area contributed by atoms with Crippen molar-refractivity contribution in [2.24, 2.45) is 0 Å². The van der Waals surface area contributed by atoms with Gasteiger partial charge in [0.15, 0.2) is 11.5 Å². The quantitative estimate of drug-likeness (QED) is 0.780. The van der Waals surface area contributed by atoms with Gasteiger partial charge in [-0.2, -0.15) is 4.31 Å². The Hall–Kier alpha value is -1.27. The summed E-state index contributed by atoms with van der Waals surface area (Å²) in [5.41, 5.74) is 0. The predicted octanol–water partition coefficient (Wildman–Crippen LogP) is 3.05. The molecule has 0 aromatic heterocycles. The van der Waals surface area contributed by atoms with Crippen molar-refractivity contribution in [3.63, 3.8) is 0 Å². The zero-order valence-electron chi connectivity index (χ0n) is 13.5. The van der Waals surface area contributed by atoms with Crippen molar-refractivity contribution < 1.29 is 17.9 Å². The second-order valence-electron chi connectivity index (χ2n) is 5.68. The van der Waals surface area contributed by atoms with Crippen LogP contribution < -0.4 is 9.47 Å². The first-order valence-electron chi connectivity index (χ1n) is 7.70. The van der Waals surface area contributed by atoms with E-state index >= 15 is 0 Å². The molecule has 0 atom stereocenters. The lowest BCUT2D eigenvalue weighted by Crippen LogP contribution is -2.36. The maximum atomic E-state index is 12.8. The van der Waals surface area contributed by atoms with Crippen LogP contribution in [0.5, 0.6) is 11.5 Å². The highest BCUT2D eigenvalue weighted by Gasteiger charge is 2.29. The summed E-state index contributed by atoms with van der Waals surface area (Å²) in [5, 5.41) is 0. The van der Waals surface area contributed by atoms with Crippen LogP contribution >= 0.6 is 0 Å². The molecule has 1 aromatic carbocycles. The highest BCUT2D eigenvalue weighted by atomic mass is 32.2. The van der Waals surface area contributed by atoms with Crippen molar-refractivity contribution in [3.05, 3.63) is 18.2 Å². The van der Waals surface area contributed by atoms with E-state index < -0.39 is 10.0 Å². The van der Waals surface area contributed by atoms with E-state index in [1.807, 2.05) is 0 Å². The van der Waals surface area contributed by atoms with Gasteiger partial charge in [0.1, 0.15) is 0 Å². The Morgan fingerprint density at radius 2 is 1.59 bits per heavy atom. The van der Waals surface area contributed by atoms with Crippen molar-refractivity contribution in [3.8, 4) is 11.5 Å². The molecule has 1 fully saturated rings. The highest BCUT2D eigenvalue weighted by molar-refractivity contribution is 7.89. The second-order valence-corrected chi connectivity index (χ2v) is 7.68. The lowest BCUT2D eigenvalue weighted by Gasteiger charge is -2.26. The van der Waals surface area contributed by atoms with Crippen LogP contribution in [0.1, 0.15) is 38.5 Å². The number of sulfonamides is 1. The third kappa shape index (κ3) is 3.55. The van der Waals surface area contributed by atoms with Gasteiger partial charge in [0, 0.05) is 19.2 Å². The summed E-state index contributed by atoms with van der Waals surface area (Å²) in [6.45, 7) is 0. The largest absolute Gasteiger partial charge is 0.493 e. The minimum atomic E-state index is -3.51. The van der Waals surface area contributed by atoms with Crippen molar-refractivity contribution >= 4 is 10.0 Å². The van der Waals surface area contributed by atoms with Gasteiger partial charge in [-0.15, -0.1) is 0 Å². The maximum absolute atomic E-state index is 12.8. The molecule has 0 heterocycles. The number of hydrogen-bond acceptors (Lipinski definition) is 4. The van der Waals surface area contributed by atoms with Gasteiger partial charge in [0.2, 0.25) is 10.0 Å². The Morgan fingerprint density at radius 1 is 1.00 bits per heavy atom. The molecular weight excluding hydrogens is 302 g/mol. The van der Waals surface area contributed by atoms with Gasteiger partial charge < -0.3 is 9.47 Å². The zero-order valence-corrected chi connectivity index (χ0v) is 14.4. The first kappa shape index (κ1) is 17.1. The Kier molecular flexibility index (Phi) is 5.69. The fraction of sp³-hybridized carbons (Fsp3) is 0.625. The van der Waals surface area contributed by atoms with E-state index in [0.717, 1.165) is 25.7 Å². The fourth-order valence-corrected chi connectivity index (χ4v) is 4.39. The van der Waals surface area contributed by atoms with Gasteiger partial charge in [0.05, 0.1) is 19.1 Å². The summed E-state index contributed by atoms with van der Waals surface area (Å²) in [5.74, 6) is 0.955. The molecule has 1 aliphatic rings. The van der Waals surface area contributed by atoms with Crippen LogP contribution in [0.2, 0.25) is 0 Å². The molecule has 0 spiro atoms. The summed E-state index contributed by atoms with van der Waals surface area (Å²) >= 11 is 0. The van der Waals surface area contributed by atoms with Crippen LogP contribution in [0.15, 0.2) is 23.1 Å². The molecule has 0 unspecified atom stereocenters. The van der Waals surface area contributed by atoms with Gasteiger partial charge >= 0.3 is 0 Å². The Morgan fingerprint density at radius 3 is 2.14 bits per heavy atom. The highest BCUT2D eigenvalue weighted by Crippen LogP contribution is 2.32. The number of ether oxygens (including phenoxy) is 2. The number of hydrogen-bond donors (Lipinski definition) is 0. The van der Waals surface area contributed by atoms with Crippen LogP contribution in [-0.2, 0) is 10.0 Å². The molecule has 0 radical (unpaired) electrons. The van der Waals surface area contributed by atoms with E-state index in [4.69, 9.17) is 9.47 Å². The molecule has 0 amide bonds. The molecule has 0 bridgehead atoms. The van der Waals surface area contributed by atoms with Crippen LogP contribution in [0.4, 0.5) is 0 Å². The molecule has 2 rings (SSSR count). The third-order valence-corrected chi connectivity index (χ3v) is 6.28. The van der Waals surface area contributed by atoms with E-state index in [0.29, 0.717) is 11.5 Å². The van der Waals surface area contributed by atoms with E-state index in [-0.39, 0.29) is 10.9 Å². The lowest BCUT2D eigenvalue weighted by molar-refractivity contribution is 0.334. The fourth-order valence-electron chi connectivity index (χ4n) is 2.96. The molecule has 124 valence electrons. The Bertz CT molecular complexity index is 592. The van der Waals surface area contributed by atoms with Crippen molar-refractivity contribution in [1.82, 2.24) is 4.31 Å². The van der Waals surface area contributed by atoms with Gasteiger partial charge in [-0.05, 0) is 25.0 Å². The molecular formula is C16H25NO4S. The van der Waals surface area contributed by atoms with E-state index in [1.54, 1.807) is 19.2 Å². The molecule has 0 N–H and O–H groups in total. The number of rotatable bonds is 5. The summed E-state index contributed by atoms with van der Waals surface area (Å²) in [4.78, 5) is 0.247. The SMILES string of the molecule is COc1ccc(S(=O)(=O)N(C)C2CCCCCC2)cc1OC. The van der Waals surface area contributed by atoms with Crippen LogP contribution in [-0.4, -0.2) is 40.0 Å². The minimum absolute atomic E-state index is 0.0839. The maximum Gasteiger partial charge on any atom is 0.243 e. The predicted molar refractivity (Wildman–Crippen MR) is 86.0 cm³/mol. The Balaban J connectivity index is 2.28. The van der Waals surface area contributed by atoms with Crippen molar-refractivity contribution in [2.45, 2.75) is 49.5 Å². The van der Waals surface area contributed by atoms with Crippen molar-refractivity contribution in [1.29, 1.82) is 0 Å². The normalized spacial score (nSPS) is 17.3. The van der Waals surface area contributed by atoms with Crippen LogP contribution in [0.3, 0.4) is 0 Å². The smallest absolute Gasteiger partial charge is 0.243 e. The standard InChI is InChI=1S/C16H25NO4S/c1-17(13-8-6-4-5-7-9-13)22(18,19)14-10-11-15(20-2)16(12-14)21-3/h10-13H,4-9H2,1-3H3. The molecule has 6 heteroatoms. The number of benzene rings is 1. The summed E-state index contributed by atoms with van der Waals surface area (Å²) < 4.78 is 37.6. The average Bonchev–Trinajstić information content (AvgIpc) is 2.82. The monoisotopic (exact) mass is 327 g/mol. The lowest BCUT2D eigenvalue weighted by atomic mass is 10.1. The number of methoxy groups -OCH3 is 2. The summed E-state index contributed by atoms with van der Waals surface area (Å²) in [7, 11) is 1.20. The van der Waals surface area contributed by atoms with E-state index in [2.05, 4.69) is 0 Å². The molecule has 1 aliphatic carbocycles. The van der Waals surface area contributed by atoms with E-state index in [1.165, 1.54) is 37.4 Å². The zero-order chi connectivity index (χ0) is 16.2. The van der Waals surface area contributed by atoms with Crippen LogP contribution in [0, 0.1) is 0 Å². The van der Waals surface area contributed by atoms with Gasteiger partial charge in [-0.3, -0.25) is 0 Å². The Labute approximate surface area is 133 Å². The number of nitrogens with zero attached hydrogens (tertiary/aromatic N) is 1. The minimum Gasteiger partial charge on any atom is -0.493 e. The first-order valence-corrected chi connectivity index (χ1v) is 9.14. The molecule has 0 saturated heterocycles. The molecule has 5 nitrogen and oxygen atoms in total. The topological polar surface area (TPSA) is 55.8 Å². The average molecular weight is 327 g/mol. The molecule has 0 aliphatic heterocycles. The first-order chi connectivity index (χ1) is 10.5. The molecule has 1 saturated carbocycles. The van der Waals surface area contributed by atoms with Gasteiger partial charge in [-0.25, -0.2) is 8.42 Å².